The molecule has 0 aromatic carbocycles. The molecule has 0 rings (SSSR count). The van der Waals surface area contributed by atoms with Crippen LogP contribution in [0, 0.1) is 10.1 Å². The van der Waals surface area contributed by atoms with Crippen molar-refractivity contribution in [3.63, 3.8) is 0 Å². The number of aliphatic carboxylic acids is 1. The van der Waals surface area contributed by atoms with E-state index in [1.165, 1.54) is 0 Å². The molecule has 0 fully saturated rings. The maximum absolute atomic E-state index is 10.0. The number of carboxylic acid groups (broad SMARTS) is 1. The van der Waals surface area contributed by atoms with Gasteiger partial charge in [-0.1, -0.05) is 0 Å². The van der Waals surface area contributed by atoms with E-state index in [4.69, 9.17) is 25.2 Å². The van der Waals surface area contributed by atoms with Gasteiger partial charge in [-0.15, -0.1) is 0 Å². The first-order valence-electron chi connectivity index (χ1n) is 3.51. The van der Waals surface area contributed by atoms with Gasteiger partial charge in [0.25, 0.3) is 5.54 Å². The molecule has 84 valence electrons. The molecular weight excluding hydrogens is 221 g/mol. The quantitative estimate of drug-likeness (QED) is 0.249. The van der Waals surface area contributed by atoms with E-state index in [9.17, 15) is 10.1 Å². The van der Waals surface area contributed by atoms with Crippen molar-refractivity contribution in [2.45, 2.75) is 12.5 Å². The summed E-state index contributed by atoms with van der Waals surface area (Å²) in [5.41, 5.74) is -1.99. The number of aliphatic hydroxyl groups is 3. The molecule has 0 radical (unpaired) electrons. The van der Waals surface area contributed by atoms with Gasteiger partial charge in [0.2, 0.25) is 0 Å². The molecule has 0 bridgehead atoms. The number of carbonyl (C=O) groups excluding carboxylic acids is 1. The third kappa shape index (κ3) is 8.73. The first kappa shape index (κ1) is 20.2. The summed E-state index contributed by atoms with van der Waals surface area (Å²) in [6.45, 7) is -1.63. The van der Waals surface area contributed by atoms with Gasteiger partial charge in [-0.2, -0.15) is 0 Å². The molecule has 9 heteroatoms. The molecule has 0 spiro atoms. The zero-order valence-corrected chi connectivity index (χ0v) is 10.5. The van der Waals surface area contributed by atoms with Crippen LogP contribution >= 0.6 is 0 Å². The van der Waals surface area contributed by atoms with Gasteiger partial charge < -0.3 is 25.2 Å². The topological polar surface area (TPSA) is 144 Å². The van der Waals surface area contributed by atoms with Gasteiger partial charge in [-0.05, 0) is 6.92 Å². The molecule has 8 nitrogen and oxygen atoms in total. The van der Waals surface area contributed by atoms with Crippen molar-refractivity contribution in [3.8, 4) is 0 Å². The molecule has 15 heavy (non-hydrogen) atoms. The van der Waals surface area contributed by atoms with Crippen molar-refractivity contribution < 1.29 is 59.7 Å². The van der Waals surface area contributed by atoms with Crippen molar-refractivity contribution in [1.29, 1.82) is 0 Å². The number of rotatable bonds is 4. The molecule has 0 saturated carbocycles. The standard InChI is InChI=1S/C4H9NO5.C2H4O2.Na/c6-1-4(2-7,3-8)5(9)10;1-2(3)4;/h6-8H,1-3H2;1H3,(H,3,4);/q;;+1/p-1. The van der Waals surface area contributed by atoms with Crippen LogP contribution in [0.5, 0.6) is 0 Å². The van der Waals surface area contributed by atoms with Crippen LogP contribution in [0.3, 0.4) is 0 Å². The van der Waals surface area contributed by atoms with Crippen LogP contribution < -0.4 is 34.7 Å². The van der Waals surface area contributed by atoms with Crippen molar-refractivity contribution in [2.75, 3.05) is 19.8 Å². The Labute approximate surface area is 108 Å². The fraction of sp³-hybridized carbons (Fsp3) is 0.833. The predicted octanol–water partition coefficient (Wildman–Crippen LogP) is -6.26. The summed E-state index contributed by atoms with van der Waals surface area (Å²) in [6, 6.07) is 0. The van der Waals surface area contributed by atoms with E-state index in [2.05, 4.69) is 0 Å². The molecule has 0 aliphatic rings. The first-order chi connectivity index (χ1) is 6.36. The Kier molecular flexibility index (Phi) is 13.8. The Bertz CT molecular complexity index is 182. The number of nitro groups is 1. The van der Waals surface area contributed by atoms with Crippen molar-refractivity contribution >= 4 is 5.97 Å². The Morgan fingerprint density at radius 3 is 1.47 bits per heavy atom. The Morgan fingerprint density at radius 1 is 1.27 bits per heavy atom. The molecule has 0 unspecified atom stereocenters. The molecular formula is C6H12NNaO7. The summed E-state index contributed by atoms with van der Waals surface area (Å²) in [7, 11) is 0. The van der Waals surface area contributed by atoms with Gasteiger partial charge in [0.05, 0.1) is 0 Å². The SMILES string of the molecule is CC(=O)[O-].O=[N+]([O-])C(CO)(CO)CO.[Na+]. The second kappa shape index (κ2) is 10.3. The van der Waals surface area contributed by atoms with Crippen LogP contribution in [-0.4, -0.2) is 51.6 Å². The van der Waals surface area contributed by atoms with Gasteiger partial charge in [0.15, 0.2) is 0 Å². The normalized spacial score (nSPS) is 9.33. The number of hydrogen-bond acceptors (Lipinski definition) is 7. The van der Waals surface area contributed by atoms with E-state index in [1.807, 2.05) is 0 Å². The molecule has 0 atom stereocenters. The van der Waals surface area contributed by atoms with E-state index in [0.29, 0.717) is 0 Å². The van der Waals surface area contributed by atoms with Crippen LogP contribution in [0.4, 0.5) is 0 Å². The first-order valence-corrected chi connectivity index (χ1v) is 3.51. The van der Waals surface area contributed by atoms with Crippen molar-refractivity contribution in [1.82, 2.24) is 0 Å². The molecule has 0 aliphatic heterocycles. The third-order valence-electron chi connectivity index (χ3n) is 1.27. The molecule has 3 N–H and O–H groups in total. The van der Waals surface area contributed by atoms with Crippen molar-refractivity contribution in [2.24, 2.45) is 0 Å². The van der Waals surface area contributed by atoms with Gasteiger partial charge in [0, 0.05) is 10.9 Å². The third-order valence-corrected chi connectivity index (χ3v) is 1.27. The van der Waals surface area contributed by atoms with E-state index >= 15 is 0 Å². The monoisotopic (exact) mass is 233 g/mol. The largest absolute Gasteiger partial charge is 1.00 e. The Morgan fingerprint density at radius 2 is 1.47 bits per heavy atom. The van der Waals surface area contributed by atoms with Gasteiger partial charge >= 0.3 is 29.6 Å². The predicted molar refractivity (Wildman–Crippen MR) is 41.7 cm³/mol. The zero-order valence-electron chi connectivity index (χ0n) is 8.54. The van der Waals surface area contributed by atoms with E-state index in [0.717, 1.165) is 6.92 Å². The summed E-state index contributed by atoms with van der Waals surface area (Å²) < 4.78 is 0. The number of aliphatic hydroxyl groups excluding tert-OH is 3. The minimum absolute atomic E-state index is 0. The Hall–Kier alpha value is -0.250. The average molecular weight is 233 g/mol. The summed E-state index contributed by atoms with van der Waals surface area (Å²) in [4.78, 5) is 18.0. The van der Waals surface area contributed by atoms with Crippen LogP contribution in [0.2, 0.25) is 0 Å². The summed E-state index contributed by atoms with van der Waals surface area (Å²) in [5.74, 6) is -1.08. The van der Waals surface area contributed by atoms with Gasteiger partial charge in [-0.25, -0.2) is 0 Å². The van der Waals surface area contributed by atoms with Crippen LogP contribution in [0.1, 0.15) is 6.92 Å². The van der Waals surface area contributed by atoms with E-state index < -0.39 is 36.3 Å². The summed E-state index contributed by atoms with van der Waals surface area (Å²) >= 11 is 0. The fourth-order valence-electron chi connectivity index (χ4n) is 0.323. The van der Waals surface area contributed by atoms with Crippen LogP contribution in [0.25, 0.3) is 0 Å². The number of hydrogen-bond donors (Lipinski definition) is 3. The van der Waals surface area contributed by atoms with Gasteiger partial charge in [0.1, 0.15) is 19.8 Å². The number of nitrogens with zero attached hydrogens (tertiary/aromatic N) is 1. The van der Waals surface area contributed by atoms with Crippen molar-refractivity contribution in [3.05, 3.63) is 10.1 Å². The minimum atomic E-state index is -1.99. The molecule has 0 heterocycles. The number of carboxylic acids is 1. The molecule has 0 amide bonds. The average Bonchev–Trinajstić information content (AvgIpc) is 2.07. The van der Waals surface area contributed by atoms with E-state index in [-0.39, 0.29) is 29.6 Å². The maximum Gasteiger partial charge on any atom is 1.00 e. The molecule has 0 saturated heterocycles. The molecule has 0 aromatic heterocycles. The minimum Gasteiger partial charge on any atom is -0.550 e. The van der Waals surface area contributed by atoms with Gasteiger partial charge in [-0.3, -0.25) is 10.1 Å². The molecule has 0 aromatic rings. The summed E-state index contributed by atoms with van der Waals surface area (Å²) in [6.07, 6.45) is 0. The number of carbonyl (C=O) groups is 1. The Balaban J connectivity index is -0.000000249. The molecule has 0 aliphatic carbocycles. The zero-order chi connectivity index (χ0) is 11.8. The fourth-order valence-corrected chi connectivity index (χ4v) is 0.323. The van der Waals surface area contributed by atoms with Crippen LogP contribution in [-0.2, 0) is 4.79 Å². The maximum atomic E-state index is 10.0. The van der Waals surface area contributed by atoms with E-state index in [1.54, 1.807) is 0 Å². The summed E-state index contributed by atoms with van der Waals surface area (Å²) in [5, 5.41) is 44.1. The second-order valence-electron chi connectivity index (χ2n) is 2.45. The smallest absolute Gasteiger partial charge is 0.550 e. The van der Waals surface area contributed by atoms with Crippen LogP contribution in [0.15, 0.2) is 0 Å². The second-order valence-corrected chi connectivity index (χ2v) is 2.45.